The monoisotopic (exact) mass is 574 g/mol. The molecule has 0 unspecified atom stereocenters. The number of nitro benzene ring substituents is 1. The smallest absolute Gasteiger partial charge is 0.270 e. The Labute approximate surface area is 221 Å². The van der Waals surface area contributed by atoms with Crippen molar-refractivity contribution >= 4 is 50.9 Å². The number of benzene rings is 2. The van der Waals surface area contributed by atoms with Gasteiger partial charge in [0.1, 0.15) is 0 Å². The van der Waals surface area contributed by atoms with Gasteiger partial charge < -0.3 is 15.2 Å². The highest BCUT2D eigenvalue weighted by atomic mass is 79.9. The van der Waals surface area contributed by atoms with Crippen LogP contribution in [-0.2, 0) is 11.8 Å². The number of anilines is 1. The molecule has 1 atom stereocenters. The standard InChI is InChI=1S/C24H27BrN6O4S/c1-13(2)21(27-23(33)16-7-6-8-17(11-16)31(34)35)22-28-29-24(30(22)5)36-12-20(32)26-19-10-15(4)14(3)9-18(19)25/h6-11,13,21H,12H2,1-5H3,(H,26,32)(H,27,33)/t21-/m0/s1. The van der Waals surface area contributed by atoms with Gasteiger partial charge in [-0.3, -0.25) is 19.7 Å². The van der Waals surface area contributed by atoms with E-state index < -0.39 is 16.9 Å². The van der Waals surface area contributed by atoms with Crippen molar-refractivity contribution in [1.82, 2.24) is 20.1 Å². The first kappa shape index (κ1) is 27.3. The summed E-state index contributed by atoms with van der Waals surface area (Å²) < 4.78 is 2.55. The molecule has 10 nitrogen and oxygen atoms in total. The second-order valence-electron chi connectivity index (χ2n) is 8.66. The third-order valence-electron chi connectivity index (χ3n) is 5.61. The zero-order chi connectivity index (χ0) is 26.6. The molecule has 0 aliphatic rings. The Bertz CT molecular complexity index is 1310. The van der Waals surface area contributed by atoms with Gasteiger partial charge in [-0.15, -0.1) is 10.2 Å². The van der Waals surface area contributed by atoms with Crippen LogP contribution in [0.4, 0.5) is 11.4 Å². The molecule has 2 aromatic carbocycles. The average molecular weight is 575 g/mol. The molecule has 190 valence electrons. The van der Waals surface area contributed by atoms with E-state index in [9.17, 15) is 19.7 Å². The molecule has 2 amide bonds. The summed E-state index contributed by atoms with van der Waals surface area (Å²) in [5.41, 5.74) is 2.92. The van der Waals surface area contributed by atoms with E-state index in [1.807, 2.05) is 39.8 Å². The summed E-state index contributed by atoms with van der Waals surface area (Å²) in [5.74, 6) is -0.0409. The largest absolute Gasteiger partial charge is 0.342 e. The molecule has 1 heterocycles. The van der Waals surface area contributed by atoms with Crippen LogP contribution in [-0.4, -0.2) is 37.3 Å². The highest BCUT2D eigenvalue weighted by Crippen LogP contribution is 2.28. The number of thioether (sulfide) groups is 1. The number of nitrogens with zero attached hydrogens (tertiary/aromatic N) is 4. The Morgan fingerprint density at radius 2 is 1.86 bits per heavy atom. The topological polar surface area (TPSA) is 132 Å². The number of amides is 2. The van der Waals surface area contributed by atoms with E-state index >= 15 is 0 Å². The molecule has 0 aliphatic carbocycles. The van der Waals surface area contributed by atoms with E-state index in [0.717, 1.165) is 15.6 Å². The van der Waals surface area contributed by atoms with Crippen molar-refractivity contribution in [2.45, 2.75) is 38.9 Å². The van der Waals surface area contributed by atoms with Gasteiger partial charge >= 0.3 is 0 Å². The Morgan fingerprint density at radius 1 is 1.17 bits per heavy atom. The third-order valence-corrected chi connectivity index (χ3v) is 7.29. The number of hydrogen-bond donors (Lipinski definition) is 2. The molecule has 0 saturated heterocycles. The van der Waals surface area contributed by atoms with Gasteiger partial charge in [0.2, 0.25) is 5.91 Å². The Morgan fingerprint density at radius 3 is 2.53 bits per heavy atom. The fourth-order valence-corrected chi connectivity index (χ4v) is 4.71. The molecule has 1 aromatic heterocycles. The van der Waals surface area contributed by atoms with Crippen LogP contribution in [0.5, 0.6) is 0 Å². The molecular formula is C24H27BrN6O4S. The first-order valence-corrected chi connectivity index (χ1v) is 12.9. The highest BCUT2D eigenvalue weighted by Gasteiger charge is 2.26. The minimum absolute atomic E-state index is 0.0428. The summed E-state index contributed by atoms with van der Waals surface area (Å²) in [4.78, 5) is 35.9. The van der Waals surface area contributed by atoms with E-state index in [0.29, 0.717) is 16.7 Å². The van der Waals surface area contributed by atoms with Crippen LogP contribution in [0.1, 0.15) is 47.2 Å². The lowest BCUT2D eigenvalue weighted by Crippen LogP contribution is -2.33. The number of hydrogen-bond acceptors (Lipinski definition) is 7. The Kier molecular flexibility index (Phi) is 8.85. The fraction of sp³-hybridized carbons (Fsp3) is 0.333. The summed E-state index contributed by atoms with van der Waals surface area (Å²) in [6.07, 6.45) is 0. The summed E-state index contributed by atoms with van der Waals surface area (Å²) in [5, 5.41) is 25.8. The lowest BCUT2D eigenvalue weighted by atomic mass is 10.0. The number of aromatic nitrogens is 3. The highest BCUT2D eigenvalue weighted by molar-refractivity contribution is 9.10. The molecule has 3 rings (SSSR count). The quantitative estimate of drug-likeness (QED) is 0.209. The van der Waals surface area contributed by atoms with E-state index in [1.54, 1.807) is 11.6 Å². The lowest BCUT2D eigenvalue weighted by molar-refractivity contribution is -0.384. The van der Waals surface area contributed by atoms with Crippen molar-refractivity contribution in [3.8, 4) is 0 Å². The third kappa shape index (κ3) is 6.49. The molecule has 0 radical (unpaired) electrons. The van der Waals surface area contributed by atoms with Gasteiger partial charge in [-0.1, -0.05) is 31.7 Å². The molecule has 3 aromatic rings. The van der Waals surface area contributed by atoms with Crippen LogP contribution < -0.4 is 10.6 Å². The van der Waals surface area contributed by atoms with Crippen LogP contribution in [0, 0.1) is 29.9 Å². The van der Waals surface area contributed by atoms with E-state index in [-0.39, 0.29) is 28.8 Å². The summed E-state index contributed by atoms with van der Waals surface area (Å²) in [7, 11) is 1.77. The van der Waals surface area contributed by atoms with Crippen LogP contribution >= 0.6 is 27.7 Å². The van der Waals surface area contributed by atoms with E-state index in [4.69, 9.17) is 0 Å². The first-order chi connectivity index (χ1) is 17.0. The van der Waals surface area contributed by atoms with E-state index in [1.165, 1.54) is 36.0 Å². The van der Waals surface area contributed by atoms with Gasteiger partial charge in [-0.05, 0) is 65.0 Å². The molecule has 0 aliphatic heterocycles. The predicted octanol–water partition coefficient (Wildman–Crippen LogP) is 4.96. The second kappa shape index (κ2) is 11.7. The Balaban J connectivity index is 1.69. The van der Waals surface area contributed by atoms with Crippen molar-refractivity contribution in [2.75, 3.05) is 11.1 Å². The molecular weight excluding hydrogens is 548 g/mol. The van der Waals surface area contributed by atoms with Crippen LogP contribution in [0.15, 0.2) is 46.0 Å². The van der Waals surface area contributed by atoms with Crippen molar-refractivity contribution in [3.63, 3.8) is 0 Å². The van der Waals surface area contributed by atoms with Crippen LogP contribution in [0.25, 0.3) is 0 Å². The average Bonchev–Trinajstić information content (AvgIpc) is 3.19. The maximum Gasteiger partial charge on any atom is 0.270 e. The molecule has 0 fully saturated rings. The molecule has 0 spiro atoms. The summed E-state index contributed by atoms with van der Waals surface area (Å²) in [6, 6.07) is 8.93. The van der Waals surface area contributed by atoms with Gasteiger partial charge in [0.15, 0.2) is 11.0 Å². The summed E-state index contributed by atoms with van der Waals surface area (Å²) in [6.45, 7) is 7.84. The van der Waals surface area contributed by atoms with Crippen LogP contribution in [0.3, 0.4) is 0 Å². The number of rotatable bonds is 9. The Hall–Kier alpha value is -3.25. The van der Waals surface area contributed by atoms with Gasteiger partial charge in [-0.25, -0.2) is 0 Å². The maximum atomic E-state index is 12.8. The van der Waals surface area contributed by atoms with Crippen molar-refractivity contribution < 1.29 is 14.5 Å². The number of carbonyl (C=O) groups is 2. The minimum atomic E-state index is -0.544. The van der Waals surface area contributed by atoms with Gasteiger partial charge in [0.25, 0.3) is 11.6 Å². The van der Waals surface area contributed by atoms with Crippen LogP contribution in [0.2, 0.25) is 0 Å². The number of carbonyl (C=O) groups excluding carboxylic acids is 2. The molecule has 36 heavy (non-hydrogen) atoms. The summed E-state index contributed by atoms with van der Waals surface area (Å²) >= 11 is 4.71. The lowest BCUT2D eigenvalue weighted by Gasteiger charge is -2.21. The number of halogens is 1. The molecule has 0 bridgehead atoms. The molecule has 12 heteroatoms. The SMILES string of the molecule is Cc1cc(Br)c(NC(=O)CSc2nnc([C@@H](NC(=O)c3cccc([N+](=O)[O-])c3)C(C)C)n2C)cc1C. The first-order valence-electron chi connectivity index (χ1n) is 11.1. The minimum Gasteiger partial charge on any atom is -0.342 e. The normalized spacial score (nSPS) is 11.9. The van der Waals surface area contributed by atoms with Gasteiger partial charge in [0, 0.05) is 29.2 Å². The van der Waals surface area contributed by atoms with E-state index in [2.05, 4.69) is 36.8 Å². The maximum absolute atomic E-state index is 12.8. The van der Waals surface area contributed by atoms with Gasteiger partial charge in [-0.2, -0.15) is 0 Å². The number of non-ortho nitro benzene ring substituents is 1. The molecule has 0 saturated carbocycles. The fourth-order valence-electron chi connectivity index (χ4n) is 3.43. The van der Waals surface area contributed by atoms with Crippen molar-refractivity contribution in [2.24, 2.45) is 13.0 Å². The van der Waals surface area contributed by atoms with Gasteiger partial charge in [0.05, 0.1) is 22.4 Å². The number of nitro groups is 1. The number of aryl methyl sites for hydroxylation is 2. The molecule has 2 N–H and O–H groups in total. The zero-order valence-corrected chi connectivity index (χ0v) is 22.9. The predicted molar refractivity (Wildman–Crippen MR) is 142 cm³/mol. The van der Waals surface area contributed by atoms with Crippen molar-refractivity contribution in [1.29, 1.82) is 0 Å². The van der Waals surface area contributed by atoms with Crippen molar-refractivity contribution in [3.05, 3.63) is 73.5 Å². The zero-order valence-electron chi connectivity index (χ0n) is 20.5. The second-order valence-corrected chi connectivity index (χ2v) is 10.5. The number of nitrogens with one attached hydrogen (secondary N) is 2.